The van der Waals surface area contributed by atoms with Crippen molar-refractivity contribution in [1.82, 2.24) is 14.6 Å². The van der Waals surface area contributed by atoms with Gasteiger partial charge >= 0.3 is 0 Å². The molecule has 0 fully saturated rings. The van der Waals surface area contributed by atoms with Gasteiger partial charge in [0.1, 0.15) is 0 Å². The van der Waals surface area contributed by atoms with Crippen molar-refractivity contribution in [3.05, 3.63) is 29.7 Å². The van der Waals surface area contributed by atoms with Gasteiger partial charge in [-0.25, -0.2) is 9.50 Å². The summed E-state index contributed by atoms with van der Waals surface area (Å²) < 4.78 is 1.92. The molecular formula is C10H13N3. The predicted octanol–water partition coefficient (Wildman–Crippen LogP) is 2.16. The molecule has 0 saturated heterocycles. The molecule has 3 heteroatoms. The molecule has 13 heavy (non-hydrogen) atoms. The fourth-order valence-corrected chi connectivity index (χ4v) is 1.68. The van der Waals surface area contributed by atoms with Crippen LogP contribution in [0.3, 0.4) is 0 Å². The minimum absolute atomic E-state index is 0.463. The van der Waals surface area contributed by atoms with Crippen molar-refractivity contribution in [3.8, 4) is 0 Å². The van der Waals surface area contributed by atoms with Crippen LogP contribution in [-0.4, -0.2) is 14.6 Å². The van der Waals surface area contributed by atoms with Crippen molar-refractivity contribution in [2.45, 2.75) is 26.7 Å². The average Bonchev–Trinajstić information content (AvgIpc) is 2.39. The van der Waals surface area contributed by atoms with E-state index in [9.17, 15) is 0 Å². The van der Waals surface area contributed by atoms with E-state index in [1.165, 1.54) is 5.69 Å². The largest absolute Gasteiger partial charge is 0.232 e. The van der Waals surface area contributed by atoms with Crippen LogP contribution in [-0.2, 0) is 0 Å². The van der Waals surface area contributed by atoms with Gasteiger partial charge in [-0.2, -0.15) is 5.10 Å². The number of imidazole rings is 1. The summed E-state index contributed by atoms with van der Waals surface area (Å²) in [7, 11) is 0. The number of nitrogens with zero attached hydrogens (tertiary/aromatic N) is 3. The number of hydrogen-bond acceptors (Lipinski definition) is 2. The van der Waals surface area contributed by atoms with E-state index in [1.54, 1.807) is 6.20 Å². The van der Waals surface area contributed by atoms with Crippen LogP contribution in [0.2, 0.25) is 0 Å². The minimum Gasteiger partial charge on any atom is -0.232 e. The highest BCUT2D eigenvalue weighted by Gasteiger charge is 2.11. The van der Waals surface area contributed by atoms with Gasteiger partial charge in [-0.15, -0.1) is 0 Å². The first-order chi connectivity index (χ1) is 6.20. The second-order valence-electron chi connectivity index (χ2n) is 3.53. The third-order valence-electron chi connectivity index (χ3n) is 2.16. The normalized spacial score (nSPS) is 11.4. The summed E-state index contributed by atoms with van der Waals surface area (Å²) in [6, 6.07) is 3.89. The summed E-state index contributed by atoms with van der Waals surface area (Å²) >= 11 is 0. The Morgan fingerprint density at radius 1 is 1.38 bits per heavy atom. The minimum atomic E-state index is 0.463. The highest BCUT2D eigenvalue weighted by Crippen LogP contribution is 2.18. The Kier molecular flexibility index (Phi) is 1.79. The highest BCUT2D eigenvalue weighted by atomic mass is 15.3. The molecular weight excluding hydrogens is 162 g/mol. The zero-order valence-electron chi connectivity index (χ0n) is 8.15. The second-order valence-corrected chi connectivity index (χ2v) is 3.53. The Labute approximate surface area is 77.4 Å². The molecule has 0 aliphatic carbocycles. The van der Waals surface area contributed by atoms with Gasteiger partial charge in [0.25, 0.3) is 0 Å². The van der Waals surface area contributed by atoms with Crippen molar-refractivity contribution in [3.63, 3.8) is 0 Å². The van der Waals surface area contributed by atoms with Crippen LogP contribution in [0.25, 0.3) is 5.65 Å². The lowest BCUT2D eigenvalue weighted by Crippen LogP contribution is -1.99. The highest BCUT2D eigenvalue weighted by molar-refractivity contribution is 5.41. The van der Waals surface area contributed by atoms with E-state index >= 15 is 0 Å². The van der Waals surface area contributed by atoms with Crippen LogP contribution in [0.15, 0.2) is 18.3 Å². The molecule has 0 radical (unpaired) electrons. The van der Waals surface area contributed by atoms with Crippen LogP contribution < -0.4 is 0 Å². The Hall–Kier alpha value is -1.38. The van der Waals surface area contributed by atoms with E-state index in [1.807, 2.05) is 23.6 Å². The van der Waals surface area contributed by atoms with Crippen LogP contribution in [0.5, 0.6) is 0 Å². The number of rotatable bonds is 1. The lowest BCUT2D eigenvalue weighted by atomic mass is 10.1. The lowest BCUT2D eigenvalue weighted by molar-refractivity contribution is 0.751. The van der Waals surface area contributed by atoms with Gasteiger partial charge in [0.2, 0.25) is 0 Å². The fourth-order valence-electron chi connectivity index (χ4n) is 1.68. The van der Waals surface area contributed by atoms with Gasteiger partial charge in [0.05, 0.1) is 11.4 Å². The zero-order valence-corrected chi connectivity index (χ0v) is 8.15. The number of hydrogen-bond donors (Lipinski definition) is 0. The summed E-state index contributed by atoms with van der Waals surface area (Å²) in [4.78, 5) is 4.43. The number of aromatic nitrogens is 3. The molecule has 0 N–H and O–H groups in total. The quantitative estimate of drug-likeness (QED) is 0.664. The van der Waals surface area contributed by atoms with E-state index in [2.05, 4.69) is 23.9 Å². The Bertz CT molecular complexity index is 429. The first kappa shape index (κ1) is 8.23. The Morgan fingerprint density at radius 3 is 2.85 bits per heavy atom. The monoisotopic (exact) mass is 175 g/mol. The Morgan fingerprint density at radius 2 is 2.15 bits per heavy atom. The van der Waals surface area contributed by atoms with E-state index in [0.29, 0.717) is 5.92 Å². The van der Waals surface area contributed by atoms with Crippen molar-refractivity contribution in [2.75, 3.05) is 0 Å². The predicted molar refractivity (Wildman–Crippen MR) is 51.8 cm³/mol. The summed E-state index contributed by atoms with van der Waals surface area (Å²) in [5.74, 6) is 0.463. The van der Waals surface area contributed by atoms with Gasteiger partial charge in [0.15, 0.2) is 5.65 Å². The zero-order chi connectivity index (χ0) is 9.42. The second kappa shape index (κ2) is 2.83. The molecule has 2 aromatic heterocycles. The third-order valence-corrected chi connectivity index (χ3v) is 2.16. The molecule has 0 amide bonds. The van der Waals surface area contributed by atoms with Crippen LogP contribution in [0.4, 0.5) is 0 Å². The topological polar surface area (TPSA) is 30.2 Å². The van der Waals surface area contributed by atoms with Gasteiger partial charge in [-0.3, -0.25) is 0 Å². The van der Waals surface area contributed by atoms with Gasteiger partial charge in [-0.1, -0.05) is 13.8 Å². The first-order valence-corrected chi connectivity index (χ1v) is 4.50. The molecule has 2 rings (SSSR count). The first-order valence-electron chi connectivity index (χ1n) is 4.50. The summed E-state index contributed by atoms with van der Waals surface area (Å²) in [6.45, 7) is 6.35. The number of fused-ring (bicyclic) bond motifs is 1. The molecule has 0 atom stereocenters. The maximum atomic E-state index is 4.43. The van der Waals surface area contributed by atoms with Crippen molar-refractivity contribution in [2.24, 2.45) is 0 Å². The van der Waals surface area contributed by atoms with E-state index in [-0.39, 0.29) is 0 Å². The summed E-state index contributed by atoms with van der Waals surface area (Å²) in [6.07, 6.45) is 1.79. The fraction of sp³-hybridized carbons (Fsp3) is 0.400. The molecule has 0 aromatic carbocycles. The van der Waals surface area contributed by atoms with Crippen molar-refractivity contribution in [1.29, 1.82) is 0 Å². The molecule has 2 heterocycles. The number of aryl methyl sites for hydroxylation is 1. The third kappa shape index (κ3) is 1.20. The molecule has 68 valence electrons. The molecule has 0 aliphatic heterocycles. The van der Waals surface area contributed by atoms with Crippen LogP contribution in [0.1, 0.15) is 31.2 Å². The average molecular weight is 175 g/mol. The SMILES string of the molecule is Cc1nc2cccnn2c1C(C)C. The van der Waals surface area contributed by atoms with Crippen molar-refractivity contribution < 1.29 is 0 Å². The molecule has 0 saturated carbocycles. The van der Waals surface area contributed by atoms with Gasteiger partial charge < -0.3 is 0 Å². The van der Waals surface area contributed by atoms with Crippen molar-refractivity contribution >= 4 is 5.65 Å². The molecule has 0 spiro atoms. The molecule has 3 nitrogen and oxygen atoms in total. The molecule has 0 aliphatic rings. The molecule has 0 bridgehead atoms. The summed E-state index contributed by atoms with van der Waals surface area (Å²) in [5, 5.41) is 4.28. The molecule has 0 unspecified atom stereocenters. The maximum absolute atomic E-state index is 4.43. The van der Waals surface area contributed by atoms with Gasteiger partial charge in [-0.05, 0) is 25.0 Å². The summed E-state index contributed by atoms with van der Waals surface area (Å²) in [5.41, 5.74) is 3.22. The van der Waals surface area contributed by atoms with Crippen LogP contribution in [0, 0.1) is 6.92 Å². The Balaban J connectivity index is 2.78. The van der Waals surface area contributed by atoms with Crippen LogP contribution >= 0.6 is 0 Å². The van der Waals surface area contributed by atoms with E-state index < -0.39 is 0 Å². The smallest absolute Gasteiger partial charge is 0.154 e. The van der Waals surface area contributed by atoms with Gasteiger partial charge in [0, 0.05) is 6.20 Å². The standard InChI is InChI=1S/C10H13N3/c1-7(2)10-8(3)12-9-5-4-6-11-13(9)10/h4-7H,1-3H3. The van der Waals surface area contributed by atoms with E-state index in [4.69, 9.17) is 0 Å². The maximum Gasteiger partial charge on any atom is 0.154 e. The van der Waals surface area contributed by atoms with E-state index in [0.717, 1.165) is 11.3 Å². The lowest BCUT2D eigenvalue weighted by Gasteiger charge is -2.03. The molecule has 2 aromatic rings.